The minimum atomic E-state index is -1.86. The maximum absolute atomic E-state index is 13.2. The average molecular weight is 436 g/mol. The van der Waals surface area contributed by atoms with Crippen LogP contribution in [0.5, 0.6) is 0 Å². The smallest absolute Gasteiger partial charge is 0.342 e. The predicted molar refractivity (Wildman–Crippen MR) is 123 cm³/mol. The molecule has 0 saturated carbocycles. The number of carbonyl (C=O) groups excluding carboxylic acids is 1. The number of hydrogen-bond donors (Lipinski definition) is 2. The minimum absolute atomic E-state index is 0.133. The molecule has 168 valence electrons. The number of pyridine rings is 2. The van der Waals surface area contributed by atoms with E-state index in [4.69, 9.17) is 15.5 Å². The Morgan fingerprint density at radius 2 is 1.91 bits per heavy atom. The largest absolute Gasteiger partial charge is 0.458 e. The van der Waals surface area contributed by atoms with Crippen molar-refractivity contribution < 1.29 is 14.6 Å². The fourth-order valence-electron chi connectivity index (χ4n) is 4.91. The van der Waals surface area contributed by atoms with E-state index in [9.17, 15) is 14.7 Å². The van der Waals surface area contributed by atoms with Gasteiger partial charge >= 0.3 is 5.97 Å². The number of nitrogens with two attached hydrogens (primary N) is 1. The lowest BCUT2D eigenvalue weighted by Crippen LogP contribution is -2.42. The molecule has 2 aromatic heterocycles. The lowest BCUT2D eigenvalue weighted by molar-refractivity contribution is -0.169. The zero-order chi connectivity index (χ0) is 23.4. The Balaban J connectivity index is 0.000000582. The van der Waals surface area contributed by atoms with Gasteiger partial charge in [0.15, 0.2) is 5.60 Å². The Morgan fingerprint density at radius 1 is 1.19 bits per heavy atom. The Bertz CT molecular complexity index is 1310. The van der Waals surface area contributed by atoms with Gasteiger partial charge in [-0.15, -0.1) is 0 Å². The van der Waals surface area contributed by atoms with Crippen molar-refractivity contribution in [3.05, 3.63) is 62.4 Å². The van der Waals surface area contributed by atoms with Crippen LogP contribution in [0.3, 0.4) is 0 Å². The third kappa shape index (κ3) is 2.84. The summed E-state index contributed by atoms with van der Waals surface area (Å²) in [7, 11) is 0. The van der Waals surface area contributed by atoms with Gasteiger partial charge in [-0.25, -0.2) is 9.78 Å². The fraction of sp³-hybridized carbons (Fsp3) is 0.400. The number of aromatic nitrogens is 2. The van der Waals surface area contributed by atoms with Crippen LogP contribution in [0.25, 0.3) is 22.3 Å². The normalized spacial score (nSPS) is 21.5. The number of aliphatic hydroxyl groups is 1. The molecule has 0 radical (unpaired) electrons. The summed E-state index contributed by atoms with van der Waals surface area (Å²) >= 11 is 0. The summed E-state index contributed by atoms with van der Waals surface area (Å²) in [6, 6.07) is 7.56. The second kappa shape index (κ2) is 7.83. The molecule has 32 heavy (non-hydrogen) atoms. The van der Waals surface area contributed by atoms with Gasteiger partial charge in [0.05, 0.1) is 29.0 Å². The standard InChI is InChI=1S/C21H17N3O4.2C2H6/c1-21(27)12-6-15-18-10(7-24(15)19(25)11(12)8-28-20(21)26)17-13(22)5-9-3-2-4-14(23-18)16(9)17;2*1-2/h2-4,6,13,27H,5,7-8,22H2,1H3;2*1-2H3/t13?,21-;;/m0../s1. The number of fused-ring (bicyclic) bond motifs is 5. The van der Waals surface area contributed by atoms with E-state index in [1.807, 2.05) is 39.8 Å². The highest BCUT2D eigenvalue weighted by Crippen LogP contribution is 2.44. The molecule has 1 aromatic carbocycles. The van der Waals surface area contributed by atoms with Crippen LogP contribution in [0.1, 0.15) is 68.5 Å². The van der Waals surface area contributed by atoms with Gasteiger partial charge in [-0.1, -0.05) is 39.8 Å². The summed E-state index contributed by atoms with van der Waals surface area (Å²) in [6.07, 6.45) is 0.754. The van der Waals surface area contributed by atoms with Gasteiger partial charge in [-0.2, -0.15) is 0 Å². The van der Waals surface area contributed by atoms with Crippen molar-refractivity contribution in [2.45, 2.75) is 65.8 Å². The summed E-state index contributed by atoms with van der Waals surface area (Å²) < 4.78 is 6.68. The predicted octanol–water partition coefficient (Wildman–Crippen LogP) is 3.30. The van der Waals surface area contributed by atoms with Gasteiger partial charge in [-0.3, -0.25) is 4.79 Å². The second-order valence-corrected chi connectivity index (χ2v) is 7.94. The van der Waals surface area contributed by atoms with E-state index in [1.54, 1.807) is 10.6 Å². The van der Waals surface area contributed by atoms with Crippen LogP contribution >= 0.6 is 0 Å². The average Bonchev–Trinajstić information content (AvgIpc) is 3.33. The van der Waals surface area contributed by atoms with E-state index in [0.717, 1.165) is 28.5 Å². The maximum Gasteiger partial charge on any atom is 0.342 e. The van der Waals surface area contributed by atoms with Crippen molar-refractivity contribution in [3.63, 3.8) is 0 Å². The van der Waals surface area contributed by atoms with Crippen molar-refractivity contribution in [1.29, 1.82) is 0 Å². The molecule has 1 aliphatic carbocycles. The van der Waals surface area contributed by atoms with Crippen molar-refractivity contribution in [1.82, 2.24) is 9.55 Å². The molecule has 3 N–H and O–H groups in total. The van der Waals surface area contributed by atoms with Gasteiger partial charge in [-0.05, 0) is 36.6 Å². The van der Waals surface area contributed by atoms with Crippen molar-refractivity contribution in [2.75, 3.05) is 0 Å². The number of cyclic esters (lactones) is 1. The highest BCUT2D eigenvalue weighted by atomic mass is 16.6. The van der Waals surface area contributed by atoms with Crippen LogP contribution in [-0.2, 0) is 34.7 Å². The van der Waals surface area contributed by atoms with Crippen LogP contribution in [0.2, 0.25) is 0 Å². The number of rotatable bonds is 0. The third-order valence-corrected chi connectivity index (χ3v) is 6.28. The lowest BCUT2D eigenvalue weighted by Gasteiger charge is -2.29. The van der Waals surface area contributed by atoms with E-state index < -0.39 is 11.6 Å². The molecule has 0 spiro atoms. The molecule has 7 nitrogen and oxygen atoms in total. The molecule has 4 heterocycles. The van der Waals surface area contributed by atoms with Crippen molar-refractivity contribution in [2.24, 2.45) is 5.73 Å². The highest BCUT2D eigenvalue weighted by Gasteiger charge is 2.43. The SMILES string of the molecule is CC.CC.C[C@@]1(O)C(=O)OCc2c1cc1n(c2=O)Cc2c-1nc1cccc3c1c2C(N)C3. The maximum atomic E-state index is 13.2. The number of carbonyl (C=O) groups is 1. The fourth-order valence-corrected chi connectivity index (χ4v) is 4.91. The zero-order valence-electron chi connectivity index (χ0n) is 19.2. The summed E-state index contributed by atoms with van der Waals surface area (Å²) in [6.45, 7) is 9.61. The van der Waals surface area contributed by atoms with Gasteiger partial charge in [0.1, 0.15) is 6.61 Å². The van der Waals surface area contributed by atoms with Crippen LogP contribution in [0.15, 0.2) is 29.1 Å². The molecule has 3 aromatic rings. The highest BCUT2D eigenvalue weighted by molar-refractivity contribution is 5.93. The van der Waals surface area contributed by atoms with E-state index in [1.165, 1.54) is 12.5 Å². The molecule has 7 heteroatoms. The first-order valence-electron chi connectivity index (χ1n) is 11.2. The van der Waals surface area contributed by atoms with Crippen LogP contribution in [-0.4, -0.2) is 20.6 Å². The summed E-state index contributed by atoms with van der Waals surface area (Å²) in [4.78, 5) is 30.0. The molecule has 3 aliphatic rings. The number of benzene rings is 1. The monoisotopic (exact) mass is 435 g/mol. The van der Waals surface area contributed by atoms with E-state index >= 15 is 0 Å². The van der Waals surface area contributed by atoms with Crippen LogP contribution < -0.4 is 11.3 Å². The molecule has 0 saturated heterocycles. The molecule has 2 atom stereocenters. The van der Waals surface area contributed by atoms with E-state index in [-0.39, 0.29) is 18.2 Å². The lowest BCUT2D eigenvalue weighted by atomic mass is 9.89. The first-order valence-corrected chi connectivity index (χ1v) is 11.2. The van der Waals surface area contributed by atoms with E-state index in [2.05, 4.69) is 6.07 Å². The topological polar surface area (TPSA) is 107 Å². The number of esters is 1. The number of nitrogens with zero attached hydrogens (tertiary/aromatic N) is 2. The Morgan fingerprint density at radius 3 is 2.62 bits per heavy atom. The molecule has 0 amide bonds. The van der Waals surface area contributed by atoms with Crippen LogP contribution in [0, 0.1) is 0 Å². The Labute approximate surface area is 186 Å². The van der Waals surface area contributed by atoms with Gasteiger partial charge in [0.25, 0.3) is 5.56 Å². The summed E-state index contributed by atoms with van der Waals surface area (Å²) in [5.41, 5.74) is 10.3. The zero-order valence-corrected chi connectivity index (χ0v) is 19.2. The number of ether oxygens (including phenoxy) is 1. The minimum Gasteiger partial charge on any atom is -0.458 e. The summed E-state index contributed by atoms with van der Waals surface area (Å²) in [5, 5.41) is 11.7. The quantitative estimate of drug-likeness (QED) is 0.411. The second-order valence-electron chi connectivity index (χ2n) is 7.94. The van der Waals surface area contributed by atoms with Gasteiger partial charge in [0, 0.05) is 22.6 Å². The summed E-state index contributed by atoms with van der Waals surface area (Å²) in [5.74, 6) is -0.751. The Kier molecular flexibility index (Phi) is 5.43. The molecule has 2 aliphatic heterocycles. The first-order chi connectivity index (χ1) is 15.4. The van der Waals surface area contributed by atoms with Crippen molar-refractivity contribution >= 4 is 16.9 Å². The molecule has 1 unspecified atom stereocenters. The molecule has 0 bridgehead atoms. The molecular formula is C25H29N3O4. The molecule has 0 fully saturated rings. The van der Waals surface area contributed by atoms with Gasteiger partial charge < -0.3 is 20.1 Å². The Hall–Kier alpha value is -3.03. The van der Waals surface area contributed by atoms with Crippen molar-refractivity contribution in [3.8, 4) is 11.4 Å². The van der Waals surface area contributed by atoms with E-state index in [0.29, 0.717) is 29.1 Å². The molecular weight excluding hydrogens is 406 g/mol. The molecule has 6 rings (SSSR count). The van der Waals surface area contributed by atoms with Crippen LogP contribution in [0.4, 0.5) is 0 Å². The van der Waals surface area contributed by atoms with Gasteiger partial charge in [0.2, 0.25) is 0 Å². The first kappa shape index (κ1) is 22.2. The number of hydrogen-bond acceptors (Lipinski definition) is 6. The third-order valence-electron chi connectivity index (χ3n) is 6.28.